The van der Waals surface area contributed by atoms with Crippen LogP contribution in [0.4, 0.5) is 0 Å². The van der Waals surface area contributed by atoms with E-state index in [0.29, 0.717) is 15.2 Å². The highest BCUT2D eigenvalue weighted by atomic mass is 79.9. The topological polar surface area (TPSA) is 55.4 Å². The van der Waals surface area contributed by atoms with E-state index >= 15 is 0 Å². The van der Waals surface area contributed by atoms with Crippen LogP contribution in [0.25, 0.3) is 0 Å². The maximum absolute atomic E-state index is 12.3. The van der Waals surface area contributed by atoms with Gasteiger partial charge in [-0.25, -0.2) is 13.1 Å². The molecule has 2 aromatic carbocycles. The van der Waals surface area contributed by atoms with Crippen molar-refractivity contribution in [2.24, 2.45) is 0 Å². The molecular weight excluding hydrogens is 378 g/mol. The first-order valence-corrected chi connectivity index (χ1v) is 8.66. The van der Waals surface area contributed by atoms with E-state index in [9.17, 15) is 8.42 Å². The van der Waals surface area contributed by atoms with Crippen molar-refractivity contribution in [3.05, 3.63) is 57.5 Å². The first kappa shape index (κ1) is 16.3. The molecule has 0 heterocycles. The number of sulfonamides is 1. The summed E-state index contributed by atoms with van der Waals surface area (Å²) in [5.41, 5.74) is 0.761. The summed E-state index contributed by atoms with van der Waals surface area (Å²) < 4.78 is 32.8. The van der Waals surface area contributed by atoms with Crippen molar-refractivity contribution >= 4 is 37.6 Å². The van der Waals surface area contributed by atoms with E-state index in [4.69, 9.17) is 16.3 Å². The van der Waals surface area contributed by atoms with Gasteiger partial charge in [-0.3, -0.25) is 0 Å². The smallest absolute Gasteiger partial charge is 0.240 e. The Morgan fingerprint density at radius 3 is 2.62 bits per heavy atom. The highest BCUT2D eigenvalue weighted by Gasteiger charge is 2.16. The Labute approximate surface area is 137 Å². The maximum atomic E-state index is 12.3. The van der Waals surface area contributed by atoms with Gasteiger partial charge in [-0.05, 0) is 40.2 Å². The molecule has 0 radical (unpaired) electrons. The van der Waals surface area contributed by atoms with Gasteiger partial charge in [-0.1, -0.05) is 29.8 Å². The minimum Gasteiger partial charge on any atom is -0.496 e. The summed E-state index contributed by atoms with van der Waals surface area (Å²) in [5.74, 6) is 0.637. The molecule has 0 aromatic heterocycles. The number of methoxy groups -OCH3 is 1. The van der Waals surface area contributed by atoms with E-state index in [2.05, 4.69) is 20.7 Å². The third-order valence-corrected chi connectivity index (χ3v) is 5.46. The van der Waals surface area contributed by atoms with Gasteiger partial charge in [0.25, 0.3) is 0 Å². The van der Waals surface area contributed by atoms with Crippen molar-refractivity contribution in [1.82, 2.24) is 4.72 Å². The average Bonchev–Trinajstić information content (AvgIpc) is 2.48. The molecule has 1 N–H and O–H groups in total. The standard InChI is InChI=1S/C14H13BrClNO3S/c1-20-14-5-3-2-4-10(14)9-17-21(18,19)11-6-7-13(16)12(15)8-11/h2-8,17H,9H2,1H3. The van der Waals surface area contributed by atoms with Gasteiger partial charge in [-0.2, -0.15) is 0 Å². The summed E-state index contributed by atoms with van der Waals surface area (Å²) in [7, 11) is -2.07. The molecule has 0 fully saturated rings. The molecule has 2 rings (SSSR count). The third-order valence-electron chi connectivity index (χ3n) is 2.85. The van der Waals surface area contributed by atoms with E-state index < -0.39 is 10.0 Å². The van der Waals surface area contributed by atoms with E-state index in [1.54, 1.807) is 19.2 Å². The molecule has 0 spiro atoms. The monoisotopic (exact) mass is 389 g/mol. The van der Waals surface area contributed by atoms with Crippen LogP contribution in [0.1, 0.15) is 5.56 Å². The van der Waals surface area contributed by atoms with Crippen molar-refractivity contribution in [3.8, 4) is 5.75 Å². The number of hydrogen-bond donors (Lipinski definition) is 1. The second-order valence-corrected chi connectivity index (χ2v) is 7.24. The summed E-state index contributed by atoms with van der Waals surface area (Å²) in [4.78, 5) is 0.147. The normalized spacial score (nSPS) is 11.4. The van der Waals surface area contributed by atoms with Gasteiger partial charge in [0, 0.05) is 16.6 Å². The minimum absolute atomic E-state index is 0.145. The zero-order valence-corrected chi connectivity index (χ0v) is 14.3. The molecule has 0 saturated carbocycles. The predicted molar refractivity (Wildman–Crippen MR) is 86.2 cm³/mol. The first-order chi connectivity index (χ1) is 9.94. The molecule has 0 aliphatic heterocycles. The number of benzene rings is 2. The zero-order valence-electron chi connectivity index (χ0n) is 11.1. The highest BCUT2D eigenvalue weighted by Crippen LogP contribution is 2.25. The maximum Gasteiger partial charge on any atom is 0.240 e. The Balaban J connectivity index is 2.20. The number of rotatable bonds is 5. The van der Waals surface area contributed by atoms with E-state index in [1.807, 2.05) is 12.1 Å². The van der Waals surface area contributed by atoms with Gasteiger partial charge >= 0.3 is 0 Å². The van der Waals surface area contributed by atoms with Crippen molar-refractivity contribution < 1.29 is 13.2 Å². The van der Waals surface area contributed by atoms with Crippen LogP contribution < -0.4 is 9.46 Å². The van der Waals surface area contributed by atoms with Crippen LogP contribution in [-0.4, -0.2) is 15.5 Å². The summed E-state index contributed by atoms with van der Waals surface area (Å²) in [6.07, 6.45) is 0. The Morgan fingerprint density at radius 1 is 1.24 bits per heavy atom. The number of nitrogens with one attached hydrogen (secondary N) is 1. The lowest BCUT2D eigenvalue weighted by atomic mass is 10.2. The Bertz CT molecular complexity index is 750. The van der Waals surface area contributed by atoms with Crippen molar-refractivity contribution in [2.75, 3.05) is 7.11 Å². The van der Waals surface area contributed by atoms with Crippen LogP contribution in [0.3, 0.4) is 0 Å². The van der Waals surface area contributed by atoms with Crippen molar-refractivity contribution in [1.29, 1.82) is 0 Å². The van der Waals surface area contributed by atoms with Crippen LogP contribution >= 0.6 is 27.5 Å². The summed E-state index contributed by atoms with van der Waals surface area (Å²) in [6.45, 7) is 0.145. The largest absolute Gasteiger partial charge is 0.496 e. The molecule has 0 unspecified atom stereocenters. The van der Waals surface area contributed by atoms with Gasteiger partial charge < -0.3 is 4.74 Å². The second kappa shape index (κ2) is 6.79. The van der Waals surface area contributed by atoms with Gasteiger partial charge in [0.2, 0.25) is 10.0 Å². The zero-order chi connectivity index (χ0) is 15.5. The van der Waals surface area contributed by atoms with Crippen LogP contribution in [0.2, 0.25) is 5.02 Å². The first-order valence-electron chi connectivity index (χ1n) is 6.00. The van der Waals surface area contributed by atoms with Gasteiger partial charge in [-0.15, -0.1) is 0 Å². The lowest BCUT2D eigenvalue weighted by Gasteiger charge is -2.10. The fourth-order valence-electron chi connectivity index (χ4n) is 1.75. The molecule has 0 bridgehead atoms. The molecule has 4 nitrogen and oxygen atoms in total. The van der Waals surface area contributed by atoms with E-state index in [1.165, 1.54) is 18.2 Å². The van der Waals surface area contributed by atoms with Gasteiger partial charge in [0.15, 0.2) is 0 Å². The molecular formula is C14H13BrClNO3S. The van der Waals surface area contributed by atoms with Crippen molar-refractivity contribution in [2.45, 2.75) is 11.4 Å². The van der Waals surface area contributed by atoms with Crippen LogP contribution in [-0.2, 0) is 16.6 Å². The van der Waals surface area contributed by atoms with E-state index in [0.717, 1.165) is 5.56 Å². The molecule has 7 heteroatoms. The summed E-state index contributed by atoms with van der Waals surface area (Å²) in [6, 6.07) is 11.7. The van der Waals surface area contributed by atoms with Crippen LogP contribution in [0.5, 0.6) is 5.75 Å². The molecule has 0 saturated heterocycles. The minimum atomic E-state index is -3.62. The lowest BCUT2D eigenvalue weighted by Crippen LogP contribution is -2.23. The third kappa shape index (κ3) is 3.97. The summed E-state index contributed by atoms with van der Waals surface area (Å²) in [5, 5.41) is 0.457. The number of halogens is 2. The fourth-order valence-corrected chi connectivity index (χ4v) is 3.43. The number of ether oxygens (including phenoxy) is 1. The fraction of sp³-hybridized carbons (Fsp3) is 0.143. The lowest BCUT2D eigenvalue weighted by molar-refractivity contribution is 0.409. The predicted octanol–water partition coefficient (Wildman–Crippen LogP) is 3.59. The molecule has 0 aliphatic rings. The SMILES string of the molecule is COc1ccccc1CNS(=O)(=O)c1ccc(Cl)c(Br)c1. The molecule has 2 aromatic rings. The molecule has 0 aliphatic carbocycles. The number of hydrogen-bond acceptors (Lipinski definition) is 3. The highest BCUT2D eigenvalue weighted by molar-refractivity contribution is 9.10. The molecule has 0 amide bonds. The van der Waals surface area contributed by atoms with Crippen molar-refractivity contribution in [3.63, 3.8) is 0 Å². The van der Waals surface area contributed by atoms with Crippen LogP contribution in [0, 0.1) is 0 Å². The van der Waals surface area contributed by atoms with Crippen LogP contribution in [0.15, 0.2) is 51.8 Å². The Morgan fingerprint density at radius 2 is 1.95 bits per heavy atom. The Kier molecular flexibility index (Phi) is 5.27. The Hall–Kier alpha value is -1.08. The number of para-hydroxylation sites is 1. The summed E-state index contributed by atoms with van der Waals surface area (Å²) >= 11 is 9.08. The second-order valence-electron chi connectivity index (χ2n) is 4.21. The van der Waals surface area contributed by atoms with E-state index in [-0.39, 0.29) is 11.4 Å². The quantitative estimate of drug-likeness (QED) is 0.849. The molecule has 21 heavy (non-hydrogen) atoms. The van der Waals surface area contributed by atoms with Gasteiger partial charge in [0.05, 0.1) is 17.0 Å². The molecule has 112 valence electrons. The average molecular weight is 391 g/mol. The van der Waals surface area contributed by atoms with Gasteiger partial charge in [0.1, 0.15) is 5.75 Å². The molecule has 0 atom stereocenters.